The second-order valence-electron chi connectivity index (χ2n) is 4.54. The zero-order chi connectivity index (χ0) is 11.8. The summed E-state index contributed by atoms with van der Waals surface area (Å²) in [4.78, 5) is 0. The van der Waals surface area contributed by atoms with Gasteiger partial charge in [-0.1, -0.05) is 0 Å². The fourth-order valence-corrected chi connectivity index (χ4v) is 1.82. The summed E-state index contributed by atoms with van der Waals surface area (Å²) < 4.78 is 10.3. The van der Waals surface area contributed by atoms with Crippen LogP contribution in [0.25, 0.3) is 0 Å². The van der Waals surface area contributed by atoms with Crippen molar-refractivity contribution in [3.05, 3.63) is 23.8 Å². The molecule has 4 nitrogen and oxygen atoms in total. The van der Waals surface area contributed by atoms with E-state index in [0.29, 0.717) is 5.75 Å². The average Bonchev–Trinajstić information content (AvgIpc) is 2.16. The number of aryl methyl sites for hydroxylation is 1. The lowest BCUT2D eigenvalue weighted by atomic mass is 9.94. The summed E-state index contributed by atoms with van der Waals surface area (Å²) in [7, 11) is -2.28. The second kappa shape index (κ2) is 3.99. The lowest BCUT2D eigenvalue weighted by molar-refractivity contribution is -0.372. The van der Waals surface area contributed by atoms with Gasteiger partial charge in [-0.25, -0.2) is 0 Å². The molecule has 0 saturated carbocycles. The predicted molar refractivity (Wildman–Crippen MR) is 55.9 cm³/mol. The van der Waals surface area contributed by atoms with E-state index in [0.717, 1.165) is 24.2 Å². The molecule has 0 N–H and O–H groups in total. The molecule has 1 heterocycles. The minimum absolute atomic E-state index is 0.158. The summed E-state index contributed by atoms with van der Waals surface area (Å²) in [6.45, 7) is 4.07. The molecule has 0 atom stereocenters. The smallest absolute Gasteiger partial charge is 0.133 e. The maximum Gasteiger partial charge on any atom is 0.133 e. The van der Waals surface area contributed by atoms with Crippen molar-refractivity contribution in [2.45, 2.75) is 32.3 Å². The van der Waals surface area contributed by atoms with Crippen molar-refractivity contribution in [2.24, 2.45) is 0 Å². The third-order valence-corrected chi connectivity index (χ3v) is 2.65. The zero-order valence-electron chi connectivity index (χ0n) is 9.36. The van der Waals surface area contributed by atoms with E-state index in [2.05, 4.69) is 4.65 Å². The van der Waals surface area contributed by atoms with Crippen LogP contribution in [-0.2, 0) is 6.42 Å². The van der Waals surface area contributed by atoms with Crippen molar-refractivity contribution in [3.8, 4) is 11.5 Å². The van der Waals surface area contributed by atoms with Gasteiger partial charge < -0.3 is 19.4 Å². The molecule has 2 rings (SSSR count). The van der Waals surface area contributed by atoms with Gasteiger partial charge in [0.1, 0.15) is 18.7 Å². The number of hydrogen-bond donors (Lipinski definition) is 0. The molecular formula is C11H13BO4-2. The van der Waals surface area contributed by atoms with Gasteiger partial charge in [-0.15, -0.1) is 0 Å². The van der Waals surface area contributed by atoms with Gasteiger partial charge in [0.25, 0.3) is 0 Å². The Balaban J connectivity index is 2.21. The van der Waals surface area contributed by atoms with Crippen LogP contribution in [0.3, 0.4) is 0 Å². The molecule has 0 bridgehead atoms. The van der Waals surface area contributed by atoms with Crippen molar-refractivity contribution < 1.29 is 19.4 Å². The quantitative estimate of drug-likeness (QED) is 0.651. The monoisotopic (exact) mass is 220 g/mol. The molecule has 0 aliphatic carbocycles. The van der Waals surface area contributed by atoms with E-state index in [4.69, 9.17) is 4.74 Å². The van der Waals surface area contributed by atoms with E-state index in [1.54, 1.807) is 18.2 Å². The van der Waals surface area contributed by atoms with E-state index >= 15 is 0 Å². The van der Waals surface area contributed by atoms with Crippen molar-refractivity contribution in [2.75, 3.05) is 0 Å². The summed E-state index contributed by atoms with van der Waals surface area (Å²) in [5.41, 5.74) is 0.826. The highest BCUT2D eigenvalue weighted by Crippen LogP contribution is 2.34. The van der Waals surface area contributed by atoms with E-state index < -0.39 is 7.32 Å². The molecule has 86 valence electrons. The van der Waals surface area contributed by atoms with Crippen molar-refractivity contribution in [1.82, 2.24) is 0 Å². The molecule has 0 aromatic heterocycles. The van der Waals surface area contributed by atoms with Crippen molar-refractivity contribution >= 4 is 7.32 Å². The Labute approximate surface area is 95.0 Å². The topological polar surface area (TPSA) is 64.6 Å². The largest absolute Gasteiger partial charge is 0.860 e. The third kappa shape index (κ3) is 2.48. The lowest BCUT2D eigenvalue weighted by Crippen LogP contribution is -2.50. The minimum atomic E-state index is -2.28. The Hall–Kier alpha value is -1.20. The summed E-state index contributed by atoms with van der Waals surface area (Å²) in [6.07, 6.45) is 1.77. The molecule has 0 saturated heterocycles. The predicted octanol–water partition coefficient (Wildman–Crippen LogP) is -0.126. The van der Waals surface area contributed by atoms with Crippen molar-refractivity contribution in [3.63, 3.8) is 0 Å². The fourth-order valence-electron chi connectivity index (χ4n) is 1.82. The first-order valence-corrected chi connectivity index (χ1v) is 5.26. The molecular weight excluding hydrogens is 207 g/mol. The molecule has 16 heavy (non-hydrogen) atoms. The van der Waals surface area contributed by atoms with Crippen LogP contribution in [0.15, 0.2) is 18.2 Å². The van der Waals surface area contributed by atoms with Gasteiger partial charge in [-0.05, 0) is 50.5 Å². The van der Waals surface area contributed by atoms with Crippen LogP contribution in [-0.4, -0.2) is 12.9 Å². The number of ether oxygens (including phenoxy) is 1. The molecule has 0 spiro atoms. The van der Waals surface area contributed by atoms with Crippen LogP contribution >= 0.6 is 0 Å². The zero-order valence-corrected chi connectivity index (χ0v) is 9.36. The number of hydrogen-bond acceptors (Lipinski definition) is 4. The summed E-state index contributed by atoms with van der Waals surface area (Å²) >= 11 is 0. The maximum absolute atomic E-state index is 10.4. The van der Waals surface area contributed by atoms with Crippen LogP contribution in [0, 0.1) is 0 Å². The van der Waals surface area contributed by atoms with Crippen LogP contribution < -0.4 is 19.4 Å². The summed E-state index contributed by atoms with van der Waals surface area (Å²) in [5.74, 6) is 1.12. The molecule has 1 aromatic carbocycles. The third-order valence-electron chi connectivity index (χ3n) is 2.65. The van der Waals surface area contributed by atoms with Gasteiger partial charge >= 0.3 is 0 Å². The molecule has 0 fully saturated rings. The SMILES string of the molecule is CC1(C)CCc2cc(OB([O-])[O-])ccc2O1. The van der Waals surface area contributed by atoms with E-state index in [-0.39, 0.29) is 5.60 Å². The van der Waals surface area contributed by atoms with Crippen LogP contribution in [0.4, 0.5) is 0 Å². The molecule has 0 radical (unpaired) electrons. The molecule has 1 aliphatic rings. The Morgan fingerprint density at radius 2 is 2.12 bits per heavy atom. The summed E-state index contributed by atoms with van der Waals surface area (Å²) in [5, 5.41) is 20.7. The average molecular weight is 220 g/mol. The molecule has 0 amide bonds. The molecule has 1 aromatic rings. The van der Waals surface area contributed by atoms with Gasteiger partial charge in [0.15, 0.2) is 0 Å². The maximum atomic E-state index is 10.4. The van der Waals surface area contributed by atoms with Crippen molar-refractivity contribution in [1.29, 1.82) is 0 Å². The lowest BCUT2D eigenvalue weighted by Gasteiger charge is -2.33. The Kier molecular flexibility index (Phi) is 2.82. The first-order valence-electron chi connectivity index (χ1n) is 5.26. The van der Waals surface area contributed by atoms with Gasteiger partial charge in [0.2, 0.25) is 0 Å². The molecule has 0 unspecified atom stereocenters. The Morgan fingerprint density at radius 1 is 1.38 bits per heavy atom. The van der Waals surface area contributed by atoms with E-state index in [1.165, 1.54) is 0 Å². The minimum Gasteiger partial charge on any atom is -0.860 e. The highest BCUT2D eigenvalue weighted by Gasteiger charge is 2.26. The number of fused-ring (bicyclic) bond motifs is 1. The fraction of sp³-hybridized carbons (Fsp3) is 0.455. The van der Waals surface area contributed by atoms with Crippen LogP contribution in [0.5, 0.6) is 11.5 Å². The van der Waals surface area contributed by atoms with Gasteiger partial charge in [0, 0.05) is 0 Å². The highest BCUT2D eigenvalue weighted by atomic mass is 16.6. The second-order valence-corrected chi connectivity index (χ2v) is 4.54. The first kappa shape index (κ1) is 11.3. The first-order chi connectivity index (χ1) is 7.46. The Bertz CT molecular complexity index is 390. The number of rotatable bonds is 2. The van der Waals surface area contributed by atoms with Gasteiger partial charge in [0.05, 0.1) is 5.75 Å². The molecule has 5 heteroatoms. The standard InChI is InChI=1S/C11H13BO4/c1-11(2)6-5-8-7-9(16-12(13)14)3-4-10(8)15-11/h3-4,7H,5-6H2,1-2H3/q-2. The summed E-state index contributed by atoms with van der Waals surface area (Å²) in [6, 6.07) is 5.03. The van der Waals surface area contributed by atoms with Crippen LogP contribution in [0.1, 0.15) is 25.8 Å². The highest BCUT2D eigenvalue weighted by molar-refractivity contribution is 6.29. The van der Waals surface area contributed by atoms with Gasteiger partial charge in [-0.2, -0.15) is 0 Å². The normalized spacial score (nSPS) is 17.2. The van der Waals surface area contributed by atoms with E-state index in [9.17, 15) is 10.0 Å². The Morgan fingerprint density at radius 3 is 2.81 bits per heavy atom. The molecule has 1 aliphatic heterocycles. The van der Waals surface area contributed by atoms with E-state index in [1.807, 2.05) is 13.8 Å². The van der Waals surface area contributed by atoms with Gasteiger partial charge in [-0.3, -0.25) is 0 Å². The van der Waals surface area contributed by atoms with Crippen LogP contribution in [0.2, 0.25) is 0 Å². The number of benzene rings is 1.